The van der Waals surface area contributed by atoms with Crippen LogP contribution < -0.4 is 15.8 Å². The number of rotatable bonds is 4. The maximum absolute atomic E-state index is 5.78. The molecular weight excluding hydrogens is 190 g/mol. The molecule has 0 bridgehead atoms. The van der Waals surface area contributed by atoms with Gasteiger partial charge in [0.05, 0.1) is 12.6 Å². The molecular formula is C11H17N3O. The standard InChI is InChI=1S/C11H17N3O/c1-15-9-4-2-7-13-10(9)14-11(8-12)5-3-6-11/h2,4,7H,3,5-6,8,12H2,1H3,(H,13,14). The molecule has 1 heterocycles. The molecule has 1 aromatic rings. The fourth-order valence-corrected chi connectivity index (χ4v) is 1.88. The van der Waals surface area contributed by atoms with Crippen molar-refractivity contribution in [3.63, 3.8) is 0 Å². The molecule has 1 aromatic heterocycles. The Labute approximate surface area is 89.8 Å². The van der Waals surface area contributed by atoms with Gasteiger partial charge < -0.3 is 15.8 Å². The number of aromatic nitrogens is 1. The molecule has 4 nitrogen and oxygen atoms in total. The molecule has 82 valence electrons. The van der Waals surface area contributed by atoms with Crippen LogP contribution in [0.25, 0.3) is 0 Å². The molecule has 15 heavy (non-hydrogen) atoms. The normalized spacial score (nSPS) is 18.0. The summed E-state index contributed by atoms with van der Waals surface area (Å²) in [6.45, 7) is 0.646. The minimum absolute atomic E-state index is 0.0433. The summed E-state index contributed by atoms with van der Waals surface area (Å²) in [7, 11) is 1.65. The van der Waals surface area contributed by atoms with E-state index >= 15 is 0 Å². The summed E-state index contributed by atoms with van der Waals surface area (Å²) in [4.78, 5) is 4.27. The fourth-order valence-electron chi connectivity index (χ4n) is 1.88. The van der Waals surface area contributed by atoms with Crippen molar-refractivity contribution in [1.82, 2.24) is 4.98 Å². The largest absolute Gasteiger partial charge is 0.493 e. The van der Waals surface area contributed by atoms with Gasteiger partial charge in [0, 0.05) is 12.7 Å². The Morgan fingerprint density at radius 2 is 2.40 bits per heavy atom. The fraction of sp³-hybridized carbons (Fsp3) is 0.545. The van der Waals surface area contributed by atoms with E-state index in [1.807, 2.05) is 12.1 Å². The first-order valence-electron chi connectivity index (χ1n) is 5.27. The highest BCUT2D eigenvalue weighted by Crippen LogP contribution is 2.36. The van der Waals surface area contributed by atoms with Crippen molar-refractivity contribution in [2.24, 2.45) is 5.73 Å². The highest BCUT2D eigenvalue weighted by atomic mass is 16.5. The van der Waals surface area contributed by atoms with E-state index in [-0.39, 0.29) is 5.54 Å². The second kappa shape index (κ2) is 4.06. The monoisotopic (exact) mass is 207 g/mol. The third-order valence-corrected chi connectivity index (χ3v) is 3.08. The van der Waals surface area contributed by atoms with E-state index in [0.29, 0.717) is 6.54 Å². The van der Waals surface area contributed by atoms with Gasteiger partial charge in [-0.3, -0.25) is 0 Å². The van der Waals surface area contributed by atoms with Crippen LogP contribution in [0.1, 0.15) is 19.3 Å². The lowest BCUT2D eigenvalue weighted by molar-refractivity contribution is 0.285. The van der Waals surface area contributed by atoms with E-state index in [0.717, 1.165) is 24.4 Å². The Balaban J connectivity index is 2.15. The topological polar surface area (TPSA) is 60.2 Å². The van der Waals surface area contributed by atoms with Crippen LogP contribution in [0.4, 0.5) is 5.82 Å². The summed E-state index contributed by atoms with van der Waals surface area (Å²) in [6, 6.07) is 3.76. The molecule has 0 saturated heterocycles. The van der Waals surface area contributed by atoms with Crippen molar-refractivity contribution in [1.29, 1.82) is 0 Å². The van der Waals surface area contributed by atoms with Crippen LogP contribution in [-0.4, -0.2) is 24.2 Å². The molecule has 0 aromatic carbocycles. The average Bonchev–Trinajstić information content (AvgIpc) is 2.24. The molecule has 0 unspecified atom stereocenters. The second-order valence-corrected chi connectivity index (χ2v) is 4.02. The third-order valence-electron chi connectivity index (χ3n) is 3.08. The third kappa shape index (κ3) is 1.90. The second-order valence-electron chi connectivity index (χ2n) is 4.02. The Kier molecular flexibility index (Phi) is 2.77. The molecule has 1 fully saturated rings. The highest BCUT2D eigenvalue weighted by Gasteiger charge is 2.36. The number of anilines is 1. The van der Waals surface area contributed by atoms with Gasteiger partial charge >= 0.3 is 0 Å². The molecule has 1 saturated carbocycles. The van der Waals surface area contributed by atoms with E-state index in [4.69, 9.17) is 10.5 Å². The van der Waals surface area contributed by atoms with E-state index in [1.165, 1.54) is 6.42 Å². The van der Waals surface area contributed by atoms with Crippen LogP contribution in [0.15, 0.2) is 18.3 Å². The molecule has 0 radical (unpaired) electrons. The van der Waals surface area contributed by atoms with Gasteiger partial charge in [-0.05, 0) is 31.4 Å². The summed E-state index contributed by atoms with van der Waals surface area (Å²) in [5.41, 5.74) is 5.82. The number of nitrogens with two attached hydrogens (primary N) is 1. The summed E-state index contributed by atoms with van der Waals surface area (Å²) < 4.78 is 5.24. The van der Waals surface area contributed by atoms with Crippen molar-refractivity contribution in [3.8, 4) is 5.75 Å². The number of hydrogen-bond acceptors (Lipinski definition) is 4. The molecule has 3 N–H and O–H groups in total. The van der Waals surface area contributed by atoms with Crippen LogP contribution >= 0.6 is 0 Å². The lowest BCUT2D eigenvalue weighted by Gasteiger charge is -2.42. The average molecular weight is 207 g/mol. The van der Waals surface area contributed by atoms with E-state index in [2.05, 4.69) is 10.3 Å². The van der Waals surface area contributed by atoms with Gasteiger partial charge in [0.2, 0.25) is 0 Å². The molecule has 0 amide bonds. The summed E-state index contributed by atoms with van der Waals surface area (Å²) in [5.74, 6) is 1.57. The predicted molar refractivity (Wildman–Crippen MR) is 60.0 cm³/mol. The molecule has 1 aliphatic rings. The maximum atomic E-state index is 5.78. The van der Waals surface area contributed by atoms with Gasteiger partial charge in [-0.15, -0.1) is 0 Å². The summed E-state index contributed by atoms with van der Waals surface area (Å²) in [5, 5.41) is 3.40. The Morgan fingerprint density at radius 1 is 1.60 bits per heavy atom. The zero-order valence-corrected chi connectivity index (χ0v) is 8.99. The van der Waals surface area contributed by atoms with Crippen LogP contribution in [-0.2, 0) is 0 Å². The first-order chi connectivity index (χ1) is 7.29. The minimum Gasteiger partial charge on any atom is -0.493 e. The summed E-state index contributed by atoms with van der Waals surface area (Å²) >= 11 is 0. The number of methoxy groups -OCH3 is 1. The quantitative estimate of drug-likeness (QED) is 0.783. The summed E-state index contributed by atoms with van der Waals surface area (Å²) in [6.07, 6.45) is 5.22. The van der Waals surface area contributed by atoms with Gasteiger partial charge in [-0.2, -0.15) is 0 Å². The molecule has 1 aliphatic carbocycles. The van der Waals surface area contributed by atoms with E-state index in [9.17, 15) is 0 Å². The Hall–Kier alpha value is -1.29. The van der Waals surface area contributed by atoms with Crippen molar-refractivity contribution >= 4 is 5.82 Å². The molecule has 0 aliphatic heterocycles. The molecule has 4 heteroatoms. The van der Waals surface area contributed by atoms with Gasteiger partial charge in [0.1, 0.15) is 0 Å². The Bertz CT molecular complexity index is 331. The number of ether oxygens (including phenoxy) is 1. The number of nitrogens with zero attached hydrogens (tertiary/aromatic N) is 1. The van der Waals surface area contributed by atoms with E-state index < -0.39 is 0 Å². The SMILES string of the molecule is COc1cccnc1NC1(CN)CCC1. The molecule has 0 atom stereocenters. The first-order valence-corrected chi connectivity index (χ1v) is 5.27. The van der Waals surface area contributed by atoms with Crippen LogP contribution in [0.3, 0.4) is 0 Å². The van der Waals surface area contributed by atoms with Crippen molar-refractivity contribution in [3.05, 3.63) is 18.3 Å². The van der Waals surface area contributed by atoms with Crippen molar-refractivity contribution in [2.45, 2.75) is 24.8 Å². The smallest absolute Gasteiger partial charge is 0.169 e. The molecule has 0 spiro atoms. The van der Waals surface area contributed by atoms with Gasteiger partial charge in [0.15, 0.2) is 11.6 Å². The lowest BCUT2D eigenvalue weighted by atomic mass is 9.77. The van der Waals surface area contributed by atoms with Gasteiger partial charge in [-0.1, -0.05) is 0 Å². The molecule has 2 rings (SSSR count). The van der Waals surface area contributed by atoms with Crippen molar-refractivity contribution in [2.75, 3.05) is 19.0 Å². The van der Waals surface area contributed by atoms with Gasteiger partial charge in [-0.25, -0.2) is 4.98 Å². The highest BCUT2D eigenvalue weighted by molar-refractivity contribution is 5.51. The van der Waals surface area contributed by atoms with Crippen LogP contribution in [0, 0.1) is 0 Å². The maximum Gasteiger partial charge on any atom is 0.169 e. The van der Waals surface area contributed by atoms with Crippen molar-refractivity contribution < 1.29 is 4.74 Å². The number of pyridine rings is 1. The zero-order chi connectivity index (χ0) is 10.7. The Morgan fingerprint density at radius 3 is 2.93 bits per heavy atom. The first kappa shape index (κ1) is 10.2. The minimum atomic E-state index is 0.0433. The number of nitrogens with one attached hydrogen (secondary N) is 1. The number of hydrogen-bond donors (Lipinski definition) is 2. The lowest BCUT2D eigenvalue weighted by Crippen LogP contribution is -2.51. The van der Waals surface area contributed by atoms with Gasteiger partial charge in [0.25, 0.3) is 0 Å². The van der Waals surface area contributed by atoms with Crippen LogP contribution in [0.2, 0.25) is 0 Å². The zero-order valence-electron chi connectivity index (χ0n) is 8.99. The van der Waals surface area contributed by atoms with Crippen LogP contribution in [0.5, 0.6) is 5.75 Å². The predicted octanol–water partition coefficient (Wildman–Crippen LogP) is 1.38. The van der Waals surface area contributed by atoms with E-state index in [1.54, 1.807) is 13.3 Å².